The average Bonchev–Trinajstić information content (AvgIpc) is 2.81. The number of anilines is 1. The van der Waals surface area contributed by atoms with Crippen LogP contribution in [-0.4, -0.2) is 21.7 Å². The predicted molar refractivity (Wildman–Crippen MR) is 73.6 cm³/mol. The summed E-state index contributed by atoms with van der Waals surface area (Å²) >= 11 is 0. The van der Waals surface area contributed by atoms with Gasteiger partial charge in [0.1, 0.15) is 0 Å². The maximum absolute atomic E-state index is 4.56. The van der Waals surface area contributed by atoms with E-state index in [9.17, 15) is 0 Å². The Bertz CT molecular complexity index is 391. The fourth-order valence-corrected chi connectivity index (χ4v) is 2.76. The van der Waals surface area contributed by atoms with E-state index in [0.29, 0.717) is 5.95 Å². The van der Waals surface area contributed by atoms with Crippen LogP contribution < -0.4 is 5.32 Å². The van der Waals surface area contributed by atoms with E-state index in [2.05, 4.69) is 41.3 Å². The summed E-state index contributed by atoms with van der Waals surface area (Å²) in [6.45, 7) is 7.54. The van der Waals surface area contributed by atoms with Gasteiger partial charge in [-0.3, -0.25) is 0 Å². The maximum atomic E-state index is 4.56. The van der Waals surface area contributed by atoms with Crippen LogP contribution in [-0.2, 0) is 12.8 Å². The summed E-state index contributed by atoms with van der Waals surface area (Å²) in [5, 5.41) is 11.8. The van der Waals surface area contributed by atoms with E-state index in [0.717, 1.165) is 42.6 Å². The first kappa shape index (κ1) is 13.2. The monoisotopic (exact) mass is 248 g/mol. The van der Waals surface area contributed by atoms with E-state index in [1.165, 1.54) is 19.3 Å². The highest BCUT2D eigenvalue weighted by atomic mass is 15.2. The molecule has 0 aromatic carbocycles. The Balaban J connectivity index is 1.93. The molecule has 1 aliphatic rings. The van der Waals surface area contributed by atoms with Crippen LogP contribution in [0.25, 0.3) is 0 Å². The van der Waals surface area contributed by atoms with E-state index in [1.807, 2.05) is 0 Å². The highest BCUT2D eigenvalue weighted by Gasteiger charge is 2.21. The molecule has 0 spiro atoms. The number of rotatable bonds is 5. The van der Waals surface area contributed by atoms with Crippen molar-refractivity contribution < 1.29 is 0 Å². The molecule has 2 rings (SSSR count). The van der Waals surface area contributed by atoms with Gasteiger partial charge in [0.2, 0.25) is 5.95 Å². The molecule has 4 heteroatoms. The standard InChI is InChI=1S/C14H24N4/c1-4-12-13(5-2)17-18-14(16-12)15-9-11-7-6-10(3)8-11/h10-11H,4-9H2,1-3H3,(H,15,16,18). The Morgan fingerprint density at radius 3 is 2.50 bits per heavy atom. The SMILES string of the molecule is CCc1nnc(NCC2CCC(C)C2)nc1CC. The highest BCUT2D eigenvalue weighted by Crippen LogP contribution is 2.30. The first-order valence-electron chi connectivity index (χ1n) is 7.19. The van der Waals surface area contributed by atoms with Crippen molar-refractivity contribution in [2.75, 3.05) is 11.9 Å². The molecule has 1 aromatic heterocycles. The fourth-order valence-electron chi connectivity index (χ4n) is 2.76. The molecule has 0 bridgehead atoms. The molecule has 1 aliphatic carbocycles. The summed E-state index contributed by atoms with van der Waals surface area (Å²) in [6.07, 6.45) is 5.85. The third kappa shape index (κ3) is 3.18. The van der Waals surface area contributed by atoms with Gasteiger partial charge in [-0.1, -0.05) is 27.2 Å². The molecule has 2 unspecified atom stereocenters. The lowest BCUT2D eigenvalue weighted by Crippen LogP contribution is -2.15. The van der Waals surface area contributed by atoms with Crippen LogP contribution in [0.1, 0.15) is 51.4 Å². The van der Waals surface area contributed by atoms with Crippen molar-refractivity contribution in [2.45, 2.75) is 52.9 Å². The second kappa shape index (κ2) is 6.12. The Labute approximate surface area is 110 Å². The zero-order chi connectivity index (χ0) is 13.0. The van der Waals surface area contributed by atoms with Crippen LogP contribution >= 0.6 is 0 Å². The fraction of sp³-hybridized carbons (Fsp3) is 0.786. The van der Waals surface area contributed by atoms with Crippen LogP contribution in [0.4, 0.5) is 5.95 Å². The molecule has 1 N–H and O–H groups in total. The van der Waals surface area contributed by atoms with Gasteiger partial charge < -0.3 is 5.32 Å². The third-order valence-electron chi connectivity index (χ3n) is 3.86. The molecule has 0 amide bonds. The zero-order valence-corrected chi connectivity index (χ0v) is 11.7. The summed E-state index contributed by atoms with van der Waals surface area (Å²) in [4.78, 5) is 4.56. The van der Waals surface area contributed by atoms with Crippen LogP contribution in [0.3, 0.4) is 0 Å². The molecule has 18 heavy (non-hydrogen) atoms. The van der Waals surface area contributed by atoms with Gasteiger partial charge in [-0.15, -0.1) is 5.10 Å². The lowest BCUT2D eigenvalue weighted by atomic mass is 10.1. The van der Waals surface area contributed by atoms with Gasteiger partial charge >= 0.3 is 0 Å². The number of aryl methyl sites for hydroxylation is 2. The molecule has 0 radical (unpaired) electrons. The van der Waals surface area contributed by atoms with E-state index in [4.69, 9.17) is 0 Å². The van der Waals surface area contributed by atoms with Gasteiger partial charge in [0.05, 0.1) is 11.4 Å². The zero-order valence-electron chi connectivity index (χ0n) is 11.7. The molecule has 100 valence electrons. The molecular formula is C14H24N4. The Morgan fingerprint density at radius 1 is 1.11 bits per heavy atom. The first-order valence-corrected chi connectivity index (χ1v) is 7.19. The number of aromatic nitrogens is 3. The largest absolute Gasteiger partial charge is 0.353 e. The van der Waals surface area contributed by atoms with Crippen LogP contribution in [0.15, 0.2) is 0 Å². The molecule has 1 aromatic rings. The third-order valence-corrected chi connectivity index (χ3v) is 3.86. The van der Waals surface area contributed by atoms with E-state index in [1.54, 1.807) is 0 Å². The van der Waals surface area contributed by atoms with Gasteiger partial charge in [0.25, 0.3) is 0 Å². The van der Waals surface area contributed by atoms with E-state index >= 15 is 0 Å². The predicted octanol–water partition coefficient (Wildman–Crippen LogP) is 2.84. The summed E-state index contributed by atoms with van der Waals surface area (Å²) in [5.41, 5.74) is 2.10. The Hall–Kier alpha value is -1.19. The van der Waals surface area contributed by atoms with Gasteiger partial charge in [0, 0.05) is 6.54 Å². The van der Waals surface area contributed by atoms with Crippen molar-refractivity contribution in [2.24, 2.45) is 11.8 Å². The summed E-state index contributed by atoms with van der Waals surface area (Å²) in [5.74, 6) is 2.35. The first-order chi connectivity index (χ1) is 8.72. The van der Waals surface area contributed by atoms with Gasteiger partial charge in [-0.05, 0) is 37.5 Å². The minimum atomic E-state index is 0.698. The van der Waals surface area contributed by atoms with Crippen molar-refractivity contribution in [1.82, 2.24) is 15.2 Å². The molecule has 1 fully saturated rings. The van der Waals surface area contributed by atoms with Gasteiger partial charge in [0.15, 0.2) is 0 Å². The summed E-state index contributed by atoms with van der Waals surface area (Å²) in [7, 11) is 0. The van der Waals surface area contributed by atoms with Crippen LogP contribution in [0, 0.1) is 11.8 Å². The van der Waals surface area contributed by atoms with Crippen molar-refractivity contribution in [3.8, 4) is 0 Å². The summed E-state index contributed by atoms with van der Waals surface area (Å²) in [6, 6.07) is 0. The van der Waals surface area contributed by atoms with E-state index in [-0.39, 0.29) is 0 Å². The van der Waals surface area contributed by atoms with Gasteiger partial charge in [-0.2, -0.15) is 5.10 Å². The maximum Gasteiger partial charge on any atom is 0.242 e. The van der Waals surface area contributed by atoms with Crippen molar-refractivity contribution in [3.05, 3.63) is 11.4 Å². The second-order valence-corrected chi connectivity index (χ2v) is 5.40. The minimum Gasteiger partial charge on any atom is -0.353 e. The molecule has 2 atom stereocenters. The smallest absolute Gasteiger partial charge is 0.242 e. The number of nitrogens with one attached hydrogen (secondary N) is 1. The lowest BCUT2D eigenvalue weighted by molar-refractivity contribution is 0.535. The topological polar surface area (TPSA) is 50.7 Å². The average molecular weight is 248 g/mol. The van der Waals surface area contributed by atoms with Crippen LogP contribution in [0.2, 0.25) is 0 Å². The molecule has 4 nitrogen and oxygen atoms in total. The molecule has 1 heterocycles. The summed E-state index contributed by atoms with van der Waals surface area (Å²) < 4.78 is 0. The Morgan fingerprint density at radius 2 is 1.89 bits per heavy atom. The molecule has 0 saturated heterocycles. The van der Waals surface area contributed by atoms with Crippen molar-refractivity contribution >= 4 is 5.95 Å². The number of hydrogen-bond donors (Lipinski definition) is 1. The normalized spacial score (nSPS) is 23.3. The van der Waals surface area contributed by atoms with Crippen molar-refractivity contribution in [1.29, 1.82) is 0 Å². The Kier molecular flexibility index (Phi) is 4.50. The van der Waals surface area contributed by atoms with Gasteiger partial charge in [-0.25, -0.2) is 4.98 Å². The molecule has 1 saturated carbocycles. The molecule has 0 aliphatic heterocycles. The van der Waals surface area contributed by atoms with E-state index < -0.39 is 0 Å². The molecular weight excluding hydrogens is 224 g/mol. The van der Waals surface area contributed by atoms with Crippen LogP contribution in [0.5, 0.6) is 0 Å². The lowest BCUT2D eigenvalue weighted by Gasteiger charge is -2.11. The number of hydrogen-bond acceptors (Lipinski definition) is 4. The highest BCUT2D eigenvalue weighted by molar-refractivity contribution is 5.25. The number of nitrogens with zero attached hydrogens (tertiary/aromatic N) is 3. The second-order valence-electron chi connectivity index (χ2n) is 5.40. The quantitative estimate of drug-likeness (QED) is 0.870. The minimum absolute atomic E-state index is 0.698. The van der Waals surface area contributed by atoms with Crippen molar-refractivity contribution in [3.63, 3.8) is 0 Å².